The lowest BCUT2D eigenvalue weighted by Crippen LogP contribution is -2.00. The molecule has 0 radical (unpaired) electrons. The fourth-order valence-electron chi connectivity index (χ4n) is 0.813. The van der Waals surface area contributed by atoms with Gasteiger partial charge in [0.25, 0.3) is 0 Å². The molecule has 64 valence electrons. The predicted octanol–water partition coefficient (Wildman–Crippen LogP) is 1.86. The van der Waals surface area contributed by atoms with E-state index >= 15 is 0 Å². The summed E-state index contributed by atoms with van der Waals surface area (Å²) in [5.74, 6) is 0.316. The molecule has 0 saturated heterocycles. The van der Waals surface area contributed by atoms with Crippen LogP contribution in [0.15, 0.2) is 29.4 Å². The van der Waals surface area contributed by atoms with Gasteiger partial charge in [-0.05, 0) is 17.7 Å². The second-order valence-corrected chi connectivity index (χ2v) is 2.33. The molecule has 12 heavy (non-hydrogen) atoms. The molecule has 0 atom stereocenters. The minimum absolute atomic E-state index is 0.171. The summed E-state index contributed by atoms with van der Waals surface area (Å²) < 4.78 is 9.51. The van der Waals surface area contributed by atoms with Gasteiger partial charge in [-0.3, -0.25) is 4.79 Å². The third kappa shape index (κ3) is 1.99. The summed E-state index contributed by atoms with van der Waals surface area (Å²) in [5, 5.41) is 0. The van der Waals surface area contributed by atoms with Crippen molar-refractivity contribution in [3.63, 3.8) is 0 Å². The summed E-state index contributed by atoms with van der Waals surface area (Å²) in [6.07, 6.45) is 1.71. The lowest BCUT2D eigenvalue weighted by molar-refractivity contribution is -0.139. The van der Waals surface area contributed by atoms with Crippen molar-refractivity contribution in [1.82, 2.24) is 0 Å². The Balaban J connectivity index is 2.56. The van der Waals surface area contributed by atoms with E-state index in [0.29, 0.717) is 11.3 Å². The highest BCUT2D eigenvalue weighted by atomic mass is 16.5. The van der Waals surface area contributed by atoms with Crippen molar-refractivity contribution in [3.8, 4) is 0 Å². The lowest BCUT2D eigenvalue weighted by atomic mass is 10.2. The predicted molar refractivity (Wildman–Crippen MR) is 44.4 cm³/mol. The van der Waals surface area contributed by atoms with E-state index in [1.165, 1.54) is 13.4 Å². The Bertz CT molecular complexity index is 272. The Kier molecular flexibility index (Phi) is 2.69. The van der Waals surface area contributed by atoms with Gasteiger partial charge in [0.2, 0.25) is 0 Å². The number of hydrogen-bond donors (Lipinski definition) is 0. The third-order valence-corrected chi connectivity index (χ3v) is 1.46. The van der Waals surface area contributed by atoms with Crippen molar-refractivity contribution in [3.05, 3.63) is 30.7 Å². The molecule has 0 aromatic carbocycles. The lowest BCUT2D eigenvalue weighted by Gasteiger charge is -1.99. The quantitative estimate of drug-likeness (QED) is 0.643. The van der Waals surface area contributed by atoms with Crippen LogP contribution in [0.3, 0.4) is 0 Å². The van der Waals surface area contributed by atoms with Gasteiger partial charge in [0.1, 0.15) is 5.76 Å². The molecule has 0 aliphatic carbocycles. The number of hydrogen-bond acceptors (Lipinski definition) is 3. The van der Waals surface area contributed by atoms with E-state index in [2.05, 4.69) is 11.3 Å². The summed E-state index contributed by atoms with van der Waals surface area (Å²) in [6, 6.07) is 3.50. The van der Waals surface area contributed by atoms with Gasteiger partial charge in [0.05, 0.1) is 19.8 Å². The average Bonchev–Trinajstić information content (AvgIpc) is 2.56. The Morgan fingerprint density at radius 1 is 1.75 bits per heavy atom. The van der Waals surface area contributed by atoms with Crippen LogP contribution in [0.1, 0.15) is 12.2 Å². The molecule has 0 unspecified atom stereocenters. The minimum Gasteiger partial charge on any atom is -0.469 e. The van der Waals surface area contributed by atoms with Crippen molar-refractivity contribution in [1.29, 1.82) is 0 Å². The number of ether oxygens (including phenoxy) is 1. The SMILES string of the molecule is C=C(CC(=O)OC)c1ccco1. The number of carbonyl (C=O) groups is 1. The molecule has 0 aliphatic rings. The van der Waals surface area contributed by atoms with E-state index in [0.717, 1.165) is 0 Å². The Labute approximate surface area is 70.6 Å². The molecule has 1 rings (SSSR count). The van der Waals surface area contributed by atoms with Crippen LogP contribution >= 0.6 is 0 Å². The maximum Gasteiger partial charge on any atom is 0.310 e. The van der Waals surface area contributed by atoms with E-state index in [-0.39, 0.29) is 12.4 Å². The van der Waals surface area contributed by atoms with Crippen molar-refractivity contribution < 1.29 is 13.9 Å². The highest BCUT2D eigenvalue weighted by Crippen LogP contribution is 2.16. The molecule has 0 spiro atoms. The van der Waals surface area contributed by atoms with Gasteiger partial charge in [-0.1, -0.05) is 6.58 Å². The first-order chi connectivity index (χ1) is 5.74. The molecule has 1 aromatic heterocycles. The Hall–Kier alpha value is -1.51. The number of rotatable bonds is 3. The standard InChI is InChI=1S/C9H10O3/c1-7(6-9(10)11-2)8-4-3-5-12-8/h3-5H,1,6H2,2H3. The number of methoxy groups -OCH3 is 1. The second kappa shape index (κ2) is 3.76. The summed E-state index contributed by atoms with van der Waals surface area (Å²) >= 11 is 0. The molecule has 3 nitrogen and oxygen atoms in total. The van der Waals surface area contributed by atoms with E-state index in [1.807, 2.05) is 0 Å². The van der Waals surface area contributed by atoms with Gasteiger partial charge in [-0.25, -0.2) is 0 Å². The fourth-order valence-corrected chi connectivity index (χ4v) is 0.813. The zero-order chi connectivity index (χ0) is 8.97. The van der Waals surface area contributed by atoms with E-state index < -0.39 is 0 Å². The molecule has 1 aromatic rings. The van der Waals surface area contributed by atoms with Crippen molar-refractivity contribution >= 4 is 11.5 Å². The zero-order valence-electron chi connectivity index (χ0n) is 6.87. The zero-order valence-corrected chi connectivity index (χ0v) is 6.87. The van der Waals surface area contributed by atoms with Gasteiger partial charge >= 0.3 is 5.97 Å². The Morgan fingerprint density at radius 3 is 3.00 bits per heavy atom. The fraction of sp³-hybridized carbons (Fsp3) is 0.222. The maximum atomic E-state index is 10.8. The van der Waals surface area contributed by atoms with Crippen molar-refractivity contribution in [2.24, 2.45) is 0 Å². The average molecular weight is 166 g/mol. The summed E-state index contributed by atoms with van der Waals surface area (Å²) in [7, 11) is 1.34. The summed E-state index contributed by atoms with van der Waals surface area (Å²) in [6.45, 7) is 3.69. The van der Waals surface area contributed by atoms with Crippen LogP contribution < -0.4 is 0 Å². The van der Waals surface area contributed by atoms with Crippen LogP contribution in [0, 0.1) is 0 Å². The van der Waals surface area contributed by atoms with Crippen LogP contribution in [0.25, 0.3) is 5.57 Å². The normalized spacial score (nSPS) is 9.42. The van der Waals surface area contributed by atoms with Crippen LogP contribution in [0.4, 0.5) is 0 Å². The second-order valence-electron chi connectivity index (χ2n) is 2.33. The summed E-state index contributed by atoms with van der Waals surface area (Å²) in [5.41, 5.74) is 0.631. The molecular weight excluding hydrogens is 156 g/mol. The van der Waals surface area contributed by atoms with E-state index in [1.54, 1.807) is 12.1 Å². The molecule has 0 aliphatic heterocycles. The maximum absolute atomic E-state index is 10.8. The molecule has 3 heteroatoms. The van der Waals surface area contributed by atoms with Crippen LogP contribution in [-0.2, 0) is 9.53 Å². The van der Waals surface area contributed by atoms with Crippen molar-refractivity contribution in [2.75, 3.05) is 7.11 Å². The largest absolute Gasteiger partial charge is 0.469 e. The molecular formula is C9H10O3. The molecule has 0 bridgehead atoms. The smallest absolute Gasteiger partial charge is 0.310 e. The van der Waals surface area contributed by atoms with Gasteiger partial charge in [-0.2, -0.15) is 0 Å². The minimum atomic E-state index is -0.309. The van der Waals surface area contributed by atoms with Gasteiger partial charge in [0.15, 0.2) is 0 Å². The number of furan rings is 1. The first-order valence-electron chi connectivity index (χ1n) is 3.52. The summed E-state index contributed by atoms with van der Waals surface area (Å²) in [4.78, 5) is 10.8. The molecule has 0 saturated carbocycles. The third-order valence-electron chi connectivity index (χ3n) is 1.46. The number of carbonyl (C=O) groups excluding carboxylic acids is 1. The number of esters is 1. The van der Waals surface area contributed by atoms with E-state index in [4.69, 9.17) is 4.42 Å². The molecule has 0 N–H and O–H groups in total. The monoisotopic (exact) mass is 166 g/mol. The first-order valence-corrected chi connectivity index (χ1v) is 3.52. The van der Waals surface area contributed by atoms with Gasteiger partial charge < -0.3 is 9.15 Å². The highest BCUT2D eigenvalue weighted by Gasteiger charge is 2.07. The van der Waals surface area contributed by atoms with Crippen LogP contribution in [0.5, 0.6) is 0 Å². The first kappa shape index (κ1) is 8.59. The van der Waals surface area contributed by atoms with Crippen molar-refractivity contribution in [2.45, 2.75) is 6.42 Å². The van der Waals surface area contributed by atoms with Crippen LogP contribution in [0.2, 0.25) is 0 Å². The molecule has 0 amide bonds. The highest BCUT2D eigenvalue weighted by molar-refractivity contribution is 5.82. The molecule has 1 heterocycles. The van der Waals surface area contributed by atoms with Gasteiger partial charge in [0, 0.05) is 0 Å². The van der Waals surface area contributed by atoms with Crippen LogP contribution in [-0.4, -0.2) is 13.1 Å². The van der Waals surface area contributed by atoms with E-state index in [9.17, 15) is 4.79 Å². The van der Waals surface area contributed by atoms with Gasteiger partial charge in [-0.15, -0.1) is 0 Å². The Morgan fingerprint density at radius 2 is 2.50 bits per heavy atom. The molecule has 0 fully saturated rings. The topological polar surface area (TPSA) is 39.4 Å².